The summed E-state index contributed by atoms with van der Waals surface area (Å²) in [6.45, 7) is 3.57. The quantitative estimate of drug-likeness (QED) is 0.347. The van der Waals surface area contributed by atoms with Gasteiger partial charge in [0.25, 0.3) is 11.6 Å². The number of amides is 1. The van der Waals surface area contributed by atoms with Crippen molar-refractivity contribution in [2.75, 3.05) is 6.54 Å². The fraction of sp³-hybridized carbons (Fsp3) is 0.474. The molecule has 2 rings (SSSR count). The van der Waals surface area contributed by atoms with Crippen LogP contribution in [0.25, 0.3) is 0 Å². The largest absolute Gasteiger partial charge is 0.449 e. The number of nitro benzene ring substituents is 1. The van der Waals surface area contributed by atoms with Crippen molar-refractivity contribution in [2.24, 2.45) is 0 Å². The third-order valence-corrected chi connectivity index (χ3v) is 4.41. The number of allylic oxidation sites excluding steroid dienone is 1. The summed E-state index contributed by atoms with van der Waals surface area (Å²) in [7, 11) is 0. The van der Waals surface area contributed by atoms with E-state index in [-0.39, 0.29) is 17.2 Å². The molecule has 0 bridgehead atoms. The van der Waals surface area contributed by atoms with Crippen LogP contribution in [0.4, 0.5) is 5.69 Å². The molecule has 7 heteroatoms. The molecule has 1 aromatic rings. The molecule has 140 valence electrons. The van der Waals surface area contributed by atoms with E-state index in [1.807, 2.05) is 0 Å². The number of hydrogen-bond acceptors (Lipinski definition) is 5. The highest BCUT2D eigenvalue weighted by atomic mass is 16.6. The van der Waals surface area contributed by atoms with Crippen molar-refractivity contribution in [1.29, 1.82) is 0 Å². The van der Waals surface area contributed by atoms with Crippen LogP contribution in [0.1, 0.15) is 54.9 Å². The number of nitrogens with zero attached hydrogens (tertiary/aromatic N) is 1. The van der Waals surface area contributed by atoms with Crippen LogP contribution < -0.4 is 5.32 Å². The van der Waals surface area contributed by atoms with Crippen LogP contribution in [0, 0.1) is 17.0 Å². The summed E-state index contributed by atoms with van der Waals surface area (Å²) >= 11 is 0. The van der Waals surface area contributed by atoms with Gasteiger partial charge >= 0.3 is 5.97 Å². The molecule has 1 atom stereocenters. The molecule has 0 aromatic heterocycles. The maximum atomic E-state index is 12.1. The molecule has 0 fully saturated rings. The summed E-state index contributed by atoms with van der Waals surface area (Å²) < 4.78 is 5.16. The predicted octanol–water partition coefficient (Wildman–Crippen LogP) is 3.46. The van der Waals surface area contributed by atoms with E-state index in [0.29, 0.717) is 12.1 Å². The van der Waals surface area contributed by atoms with Crippen molar-refractivity contribution in [3.8, 4) is 0 Å². The molecule has 0 spiro atoms. The minimum absolute atomic E-state index is 0.0654. The Morgan fingerprint density at radius 3 is 2.73 bits per heavy atom. The van der Waals surface area contributed by atoms with Crippen molar-refractivity contribution >= 4 is 17.6 Å². The number of aryl methyl sites for hydroxylation is 1. The van der Waals surface area contributed by atoms with Crippen molar-refractivity contribution in [2.45, 2.75) is 52.1 Å². The number of carbonyl (C=O) groups excluding carboxylic acids is 2. The first-order valence-electron chi connectivity index (χ1n) is 8.80. The molecule has 1 aliphatic rings. The number of nitrogens with one attached hydrogen (secondary N) is 1. The summed E-state index contributed by atoms with van der Waals surface area (Å²) in [6.07, 6.45) is 6.72. The lowest BCUT2D eigenvalue weighted by molar-refractivity contribution is -0.385. The van der Waals surface area contributed by atoms with E-state index in [4.69, 9.17) is 4.74 Å². The maximum Gasteiger partial charge on any atom is 0.338 e. The van der Waals surface area contributed by atoms with Gasteiger partial charge in [0.15, 0.2) is 6.10 Å². The van der Waals surface area contributed by atoms with E-state index in [2.05, 4.69) is 11.4 Å². The van der Waals surface area contributed by atoms with Gasteiger partial charge in [0.05, 0.1) is 10.5 Å². The van der Waals surface area contributed by atoms with Crippen LogP contribution in [0.15, 0.2) is 29.8 Å². The molecular formula is C19H24N2O5. The highest BCUT2D eigenvalue weighted by molar-refractivity contribution is 5.92. The van der Waals surface area contributed by atoms with Gasteiger partial charge < -0.3 is 10.1 Å². The van der Waals surface area contributed by atoms with E-state index in [9.17, 15) is 19.7 Å². The zero-order valence-corrected chi connectivity index (χ0v) is 15.1. The standard InChI is InChI=1S/C19H24N2O5/c1-13-12-16(8-9-17(13)21(24)25)19(23)26-14(2)18(22)20-11-10-15-6-4-3-5-7-15/h6,8-9,12,14H,3-5,7,10-11H2,1-2H3,(H,20,22)/t14-/m1/s1. The molecule has 0 saturated carbocycles. The lowest BCUT2D eigenvalue weighted by atomic mass is 9.97. The zero-order chi connectivity index (χ0) is 19.1. The fourth-order valence-electron chi connectivity index (χ4n) is 2.89. The summed E-state index contributed by atoms with van der Waals surface area (Å²) in [4.78, 5) is 34.5. The summed E-state index contributed by atoms with van der Waals surface area (Å²) in [5.74, 6) is -1.03. The first kappa shape index (κ1) is 19.6. The highest BCUT2D eigenvalue weighted by Crippen LogP contribution is 2.20. The molecule has 0 saturated heterocycles. The minimum atomic E-state index is -0.932. The normalized spacial score (nSPS) is 14.9. The van der Waals surface area contributed by atoms with Gasteiger partial charge in [-0.2, -0.15) is 0 Å². The third kappa shape index (κ3) is 5.40. The average Bonchev–Trinajstić information content (AvgIpc) is 2.62. The Hall–Kier alpha value is -2.70. The Morgan fingerprint density at radius 2 is 2.12 bits per heavy atom. The zero-order valence-electron chi connectivity index (χ0n) is 15.1. The van der Waals surface area contributed by atoms with Crippen LogP contribution in [0.2, 0.25) is 0 Å². The Balaban J connectivity index is 1.83. The summed E-state index contributed by atoms with van der Waals surface area (Å²) in [6, 6.07) is 3.98. The lowest BCUT2D eigenvalue weighted by Gasteiger charge is -2.15. The monoisotopic (exact) mass is 360 g/mol. The number of nitro groups is 1. The third-order valence-electron chi connectivity index (χ3n) is 4.41. The molecular weight excluding hydrogens is 336 g/mol. The molecule has 0 unspecified atom stereocenters. The Kier molecular flexibility index (Phi) is 6.89. The van der Waals surface area contributed by atoms with E-state index in [1.165, 1.54) is 43.5 Å². The maximum absolute atomic E-state index is 12.1. The molecule has 1 aliphatic carbocycles. The molecule has 1 N–H and O–H groups in total. The van der Waals surface area contributed by atoms with Crippen LogP contribution >= 0.6 is 0 Å². The molecule has 26 heavy (non-hydrogen) atoms. The Morgan fingerprint density at radius 1 is 1.35 bits per heavy atom. The topological polar surface area (TPSA) is 98.5 Å². The fourth-order valence-corrected chi connectivity index (χ4v) is 2.89. The van der Waals surface area contributed by atoms with Crippen molar-refractivity contribution in [1.82, 2.24) is 5.32 Å². The van der Waals surface area contributed by atoms with Crippen LogP contribution in [-0.2, 0) is 9.53 Å². The second kappa shape index (κ2) is 9.12. The summed E-state index contributed by atoms with van der Waals surface area (Å²) in [5.41, 5.74) is 1.84. The van der Waals surface area contributed by atoms with Crippen molar-refractivity contribution in [3.05, 3.63) is 51.1 Å². The Bertz CT molecular complexity index is 727. The SMILES string of the molecule is Cc1cc(C(=O)O[C@H](C)C(=O)NCCC2=CCCCC2)ccc1[N+](=O)[O-]. The van der Waals surface area contributed by atoms with Gasteiger partial charge in [-0.3, -0.25) is 14.9 Å². The van der Waals surface area contributed by atoms with E-state index < -0.39 is 17.0 Å². The number of esters is 1. The molecule has 1 aromatic carbocycles. The van der Waals surface area contributed by atoms with E-state index >= 15 is 0 Å². The second-order valence-corrected chi connectivity index (χ2v) is 6.46. The van der Waals surface area contributed by atoms with Gasteiger partial charge in [-0.15, -0.1) is 0 Å². The first-order chi connectivity index (χ1) is 12.4. The van der Waals surface area contributed by atoms with Gasteiger partial charge in [0, 0.05) is 18.2 Å². The van der Waals surface area contributed by atoms with Gasteiger partial charge in [-0.1, -0.05) is 11.6 Å². The summed E-state index contributed by atoms with van der Waals surface area (Å²) in [5, 5.41) is 13.6. The van der Waals surface area contributed by atoms with Gasteiger partial charge in [-0.25, -0.2) is 4.79 Å². The number of carbonyl (C=O) groups is 2. The molecule has 0 radical (unpaired) electrons. The minimum Gasteiger partial charge on any atom is -0.449 e. The lowest BCUT2D eigenvalue weighted by Crippen LogP contribution is -2.36. The van der Waals surface area contributed by atoms with Gasteiger partial charge in [0.2, 0.25) is 0 Å². The van der Waals surface area contributed by atoms with Crippen molar-refractivity contribution < 1.29 is 19.2 Å². The van der Waals surface area contributed by atoms with Crippen molar-refractivity contribution in [3.63, 3.8) is 0 Å². The van der Waals surface area contributed by atoms with E-state index in [1.54, 1.807) is 6.92 Å². The average molecular weight is 360 g/mol. The van der Waals surface area contributed by atoms with Gasteiger partial charge in [0.1, 0.15) is 0 Å². The second-order valence-electron chi connectivity index (χ2n) is 6.46. The van der Waals surface area contributed by atoms with Crippen LogP contribution in [-0.4, -0.2) is 29.4 Å². The predicted molar refractivity (Wildman–Crippen MR) is 96.9 cm³/mol. The number of benzene rings is 1. The number of ether oxygens (including phenoxy) is 1. The molecule has 0 heterocycles. The Labute approximate surface area is 152 Å². The molecule has 0 aliphatic heterocycles. The highest BCUT2D eigenvalue weighted by Gasteiger charge is 2.20. The van der Waals surface area contributed by atoms with E-state index in [0.717, 1.165) is 19.3 Å². The number of hydrogen-bond donors (Lipinski definition) is 1. The molecule has 7 nitrogen and oxygen atoms in total. The molecule has 1 amide bonds. The van der Waals surface area contributed by atoms with Gasteiger partial charge in [-0.05, 0) is 58.1 Å². The van der Waals surface area contributed by atoms with Crippen LogP contribution in [0.5, 0.6) is 0 Å². The van der Waals surface area contributed by atoms with Crippen LogP contribution in [0.3, 0.4) is 0 Å². The smallest absolute Gasteiger partial charge is 0.338 e. The number of rotatable bonds is 7. The first-order valence-corrected chi connectivity index (χ1v) is 8.80.